The van der Waals surface area contributed by atoms with E-state index in [1.54, 1.807) is 0 Å². The van der Waals surface area contributed by atoms with Gasteiger partial charge in [-0.05, 0) is 36.1 Å². The van der Waals surface area contributed by atoms with Gasteiger partial charge in [0.15, 0.2) is 0 Å². The summed E-state index contributed by atoms with van der Waals surface area (Å²) in [5.74, 6) is -0.0674. The second-order valence-electron chi connectivity index (χ2n) is 8.71. The molecule has 3 aromatic carbocycles. The Kier molecular flexibility index (Phi) is 7.66. The minimum Gasteiger partial charge on any atom is -0.297 e. The Bertz CT molecular complexity index is 1070. The van der Waals surface area contributed by atoms with Gasteiger partial charge in [0.1, 0.15) is 0 Å². The van der Waals surface area contributed by atoms with Crippen LogP contribution in [0.1, 0.15) is 23.6 Å². The van der Waals surface area contributed by atoms with Crippen molar-refractivity contribution >= 4 is 11.6 Å². The smallest absolute Gasteiger partial charge is 0.254 e. The largest absolute Gasteiger partial charge is 0.297 e. The molecule has 0 aromatic heterocycles. The second-order valence-corrected chi connectivity index (χ2v) is 8.71. The van der Waals surface area contributed by atoms with Crippen LogP contribution in [0.5, 0.6) is 0 Å². The zero-order valence-corrected chi connectivity index (χ0v) is 19.5. The molecule has 170 valence electrons. The van der Waals surface area contributed by atoms with Crippen molar-refractivity contribution in [2.24, 2.45) is 5.10 Å². The highest BCUT2D eigenvalue weighted by Crippen LogP contribution is 2.19. The van der Waals surface area contributed by atoms with E-state index in [0.29, 0.717) is 6.54 Å². The van der Waals surface area contributed by atoms with Gasteiger partial charge in [-0.2, -0.15) is 5.10 Å². The number of nitrogens with zero attached hydrogens (tertiary/aromatic N) is 3. The van der Waals surface area contributed by atoms with Crippen LogP contribution in [0.2, 0.25) is 0 Å². The Labute approximate surface area is 196 Å². The fourth-order valence-corrected chi connectivity index (χ4v) is 4.04. The maximum atomic E-state index is 12.4. The van der Waals surface area contributed by atoms with Gasteiger partial charge in [0, 0.05) is 32.7 Å². The summed E-state index contributed by atoms with van der Waals surface area (Å²) < 4.78 is 0. The first-order valence-electron chi connectivity index (χ1n) is 11.6. The maximum absolute atomic E-state index is 12.4. The lowest BCUT2D eigenvalue weighted by atomic mass is 10.0. The third kappa shape index (κ3) is 6.60. The summed E-state index contributed by atoms with van der Waals surface area (Å²) >= 11 is 0. The minimum absolute atomic E-state index is 0.0674. The average Bonchev–Trinajstić information content (AvgIpc) is 2.86. The van der Waals surface area contributed by atoms with Gasteiger partial charge in [0.25, 0.3) is 5.91 Å². The van der Waals surface area contributed by atoms with Crippen molar-refractivity contribution in [2.45, 2.75) is 20.4 Å². The predicted octanol–water partition coefficient (Wildman–Crippen LogP) is 4.32. The molecule has 5 heteroatoms. The molecule has 0 saturated carbocycles. The molecule has 3 aromatic rings. The van der Waals surface area contributed by atoms with Crippen LogP contribution >= 0.6 is 0 Å². The molecule has 0 radical (unpaired) electrons. The van der Waals surface area contributed by atoms with Crippen molar-refractivity contribution in [1.29, 1.82) is 0 Å². The molecule has 0 atom stereocenters. The molecule has 33 heavy (non-hydrogen) atoms. The third-order valence-corrected chi connectivity index (χ3v) is 6.12. The number of aryl methyl sites for hydroxylation is 1. The molecule has 1 N–H and O–H groups in total. The molecule has 1 fully saturated rings. The van der Waals surface area contributed by atoms with E-state index < -0.39 is 0 Å². The van der Waals surface area contributed by atoms with Gasteiger partial charge in [-0.3, -0.25) is 14.6 Å². The number of piperazine rings is 1. The van der Waals surface area contributed by atoms with E-state index in [0.717, 1.165) is 49.6 Å². The molecular formula is C28H32N4O. The van der Waals surface area contributed by atoms with Crippen molar-refractivity contribution in [3.63, 3.8) is 0 Å². The van der Waals surface area contributed by atoms with Gasteiger partial charge < -0.3 is 0 Å². The summed E-state index contributed by atoms with van der Waals surface area (Å²) in [6, 6.07) is 27.3. The van der Waals surface area contributed by atoms with Gasteiger partial charge in [0.2, 0.25) is 0 Å². The topological polar surface area (TPSA) is 47.9 Å². The Morgan fingerprint density at radius 2 is 1.42 bits per heavy atom. The van der Waals surface area contributed by atoms with Crippen molar-refractivity contribution in [3.05, 3.63) is 95.6 Å². The molecule has 0 unspecified atom stereocenters. The first-order chi connectivity index (χ1) is 16.1. The van der Waals surface area contributed by atoms with E-state index in [1.165, 1.54) is 16.7 Å². The van der Waals surface area contributed by atoms with Crippen LogP contribution in [0.25, 0.3) is 11.1 Å². The van der Waals surface area contributed by atoms with Gasteiger partial charge in [0.05, 0.1) is 12.3 Å². The normalized spacial score (nSPS) is 15.4. The summed E-state index contributed by atoms with van der Waals surface area (Å²) in [5.41, 5.74) is 9.50. The van der Waals surface area contributed by atoms with Crippen LogP contribution in [0.3, 0.4) is 0 Å². The van der Waals surface area contributed by atoms with Crippen LogP contribution in [-0.4, -0.2) is 54.1 Å². The van der Waals surface area contributed by atoms with Crippen molar-refractivity contribution < 1.29 is 4.79 Å². The molecule has 1 heterocycles. The molecule has 1 amide bonds. The van der Waals surface area contributed by atoms with Crippen LogP contribution in [-0.2, 0) is 11.3 Å². The van der Waals surface area contributed by atoms with E-state index in [2.05, 4.69) is 75.8 Å². The van der Waals surface area contributed by atoms with Gasteiger partial charge in [-0.1, -0.05) is 84.4 Å². The summed E-state index contributed by atoms with van der Waals surface area (Å²) in [4.78, 5) is 17.1. The highest BCUT2D eigenvalue weighted by Gasteiger charge is 2.19. The van der Waals surface area contributed by atoms with Crippen LogP contribution < -0.4 is 5.43 Å². The van der Waals surface area contributed by atoms with E-state index in [1.807, 2.05) is 37.3 Å². The molecule has 0 aliphatic carbocycles. The average molecular weight is 441 g/mol. The van der Waals surface area contributed by atoms with Crippen molar-refractivity contribution in [1.82, 2.24) is 15.2 Å². The number of carbonyl (C=O) groups is 1. The lowest BCUT2D eigenvalue weighted by Crippen LogP contribution is -2.48. The standard InChI is InChI=1S/C28H32N4O/c1-22-8-10-24(11-9-22)20-31-16-18-32(19-17-31)21-28(33)30-29-23(2)25-12-14-27(15-13-25)26-6-4-3-5-7-26/h3-15H,16-21H2,1-2H3,(H,30,33)/b29-23+. The summed E-state index contributed by atoms with van der Waals surface area (Å²) in [6.07, 6.45) is 0. The van der Waals surface area contributed by atoms with Crippen molar-refractivity contribution in [2.75, 3.05) is 32.7 Å². The van der Waals surface area contributed by atoms with Crippen molar-refractivity contribution in [3.8, 4) is 11.1 Å². The Morgan fingerprint density at radius 1 is 0.818 bits per heavy atom. The van der Waals surface area contributed by atoms with E-state index >= 15 is 0 Å². The molecule has 0 spiro atoms. The molecular weight excluding hydrogens is 408 g/mol. The quantitative estimate of drug-likeness (QED) is 0.440. The van der Waals surface area contributed by atoms with Crippen LogP contribution in [0, 0.1) is 6.92 Å². The number of hydrogen-bond acceptors (Lipinski definition) is 4. The number of rotatable bonds is 7. The summed E-state index contributed by atoms with van der Waals surface area (Å²) in [7, 11) is 0. The second kappa shape index (κ2) is 11.0. The van der Waals surface area contributed by atoms with E-state index in [-0.39, 0.29) is 5.91 Å². The van der Waals surface area contributed by atoms with Crippen LogP contribution in [0.15, 0.2) is 84.0 Å². The Morgan fingerprint density at radius 3 is 2.09 bits per heavy atom. The summed E-state index contributed by atoms with van der Waals surface area (Å²) in [5, 5.41) is 4.32. The Hall–Kier alpha value is -3.28. The molecule has 1 aliphatic heterocycles. The maximum Gasteiger partial charge on any atom is 0.254 e. The number of amides is 1. The lowest BCUT2D eigenvalue weighted by molar-refractivity contribution is -0.122. The number of hydrogen-bond donors (Lipinski definition) is 1. The lowest BCUT2D eigenvalue weighted by Gasteiger charge is -2.34. The SMILES string of the molecule is C/C(=N\NC(=O)CN1CCN(Cc2ccc(C)cc2)CC1)c1ccc(-c2ccccc2)cc1. The highest BCUT2D eigenvalue weighted by atomic mass is 16.2. The molecule has 0 bridgehead atoms. The van der Waals surface area contributed by atoms with E-state index in [4.69, 9.17) is 0 Å². The monoisotopic (exact) mass is 440 g/mol. The number of hydrazone groups is 1. The molecule has 5 nitrogen and oxygen atoms in total. The third-order valence-electron chi connectivity index (χ3n) is 6.12. The summed E-state index contributed by atoms with van der Waals surface area (Å²) in [6.45, 7) is 9.09. The van der Waals surface area contributed by atoms with Gasteiger partial charge in [-0.25, -0.2) is 5.43 Å². The zero-order chi connectivity index (χ0) is 23.0. The number of nitrogens with one attached hydrogen (secondary N) is 1. The van der Waals surface area contributed by atoms with Gasteiger partial charge >= 0.3 is 0 Å². The van der Waals surface area contributed by atoms with Crippen LogP contribution in [0.4, 0.5) is 0 Å². The first kappa shape index (κ1) is 22.9. The zero-order valence-electron chi connectivity index (χ0n) is 19.5. The van der Waals surface area contributed by atoms with Gasteiger partial charge in [-0.15, -0.1) is 0 Å². The number of carbonyl (C=O) groups excluding carboxylic acids is 1. The predicted molar refractivity (Wildman–Crippen MR) is 135 cm³/mol. The van der Waals surface area contributed by atoms with E-state index in [9.17, 15) is 4.79 Å². The molecule has 1 saturated heterocycles. The Balaban J connectivity index is 1.22. The fraction of sp³-hybridized carbons (Fsp3) is 0.286. The minimum atomic E-state index is -0.0674. The highest BCUT2D eigenvalue weighted by molar-refractivity contribution is 5.99. The fourth-order valence-electron chi connectivity index (χ4n) is 4.04. The molecule has 4 rings (SSSR count). The molecule has 1 aliphatic rings. The first-order valence-corrected chi connectivity index (χ1v) is 11.6. The number of benzene rings is 3.